The van der Waals surface area contributed by atoms with Gasteiger partial charge in [-0.1, -0.05) is 12.1 Å². The summed E-state index contributed by atoms with van der Waals surface area (Å²) in [5, 5.41) is 16.3. The Morgan fingerprint density at radius 3 is 2.58 bits per heavy atom. The second kappa shape index (κ2) is 6.14. The van der Waals surface area contributed by atoms with Gasteiger partial charge in [-0.05, 0) is 19.9 Å². The number of hydrogen-bond acceptors (Lipinski definition) is 5. The first-order valence-corrected chi connectivity index (χ1v) is 5.87. The molecule has 19 heavy (non-hydrogen) atoms. The van der Waals surface area contributed by atoms with E-state index in [1.807, 2.05) is 0 Å². The van der Waals surface area contributed by atoms with Gasteiger partial charge in [-0.25, -0.2) is 0 Å². The number of nitrogens with zero attached hydrogens (tertiary/aromatic N) is 1. The molecule has 0 heterocycles. The van der Waals surface area contributed by atoms with Crippen LogP contribution in [0.15, 0.2) is 24.3 Å². The third-order valence-electron chi connectivity index (χ3n) is 2.41. The van der Waals surface area contributed by atoms with E-state index in [4.69, 9.17) is 5.73 Å². The number of carbonyl (C=O) groups excluding carboxylic acids is 1. The number of para-hydroxylation sites is 2. The maximum atomic E-state index is 11.5. The Labute approximate surface area is 111 Å². The Morgan fingerprint density at radius 2 is 2.00 bits per heavy atom. The van der Waals surface area contributed by atoms with Gasteiger partial charge in [-0.2, -0.15) is 0 Å². The molecule has 0 atom stereocenters. The fraction of sp³-hybridized carbons (Fsp3) is 0.417. The van der Waals surface area contributed by atoms with Crippen molar-refractivity contribution in [2.45, 2.75) is 19.4 Å². The molecule has 0 saturated heterocycles. The summed E-state index contributed by atoms with van der Waals surface area (Å²) in [4.78, 5) is 21.8. The molecule has 7 nitrogen and oxygen atoms in total. The van der Waals surface area contributed by atoms with Gasteiger partial charge in [0, 0.05) is 19.2 Å². The molecule has 4 N–H and O–H groups in total. The summed E-state index contributed by atoms with van der Waals surface area (Å²) < 4.78 is 0. The van der Waals surface area contributed by atoms with E-state index < -0.39 is 10.5 Å². The zero-order valence-corrected chi connectivity index (χ0v) is 11.0. The second-order valence-corrected chi connectivity index (χ2v) is 4.68. The highest BCUT2D eigenvalue weighted by Crippen LogP contribution is 2.22. The Balaban J connectivity index is 2.46. The predicted octanol–water partition coefficient (Wildman–Crippen LogP) is 0.860. The van der Waals surface area contributed by atoms with Crippen molar-refractivity contribution in [3.63, 3.8) is 0 Å². The molecular weight excluding hydrogens is 248 g/mol. The van der Waals surface area contributed by atoms with Gasteiger partial charge in [0.25, 0.3) is 5.69 Å². The Bertz CT molecular complexity index is 468. The molecule has 104 valence electrons. The van der Waals surface area contributed by atoms with Crippen molar-refractivity contribution in [3.8, 4) is 0 Å². The first-order valence-electron chi connectivity index (χ1n) is 5.87. The summed E-state index contributed by atoms with van der Waals surface area (Å²) in [5.74, 6) is -0.267. The third-order valence-corrected chi connectivity index (χ3v) is 2.41. The molecule has 0 saturated carbocycles. The van der Waals surface area contributed by atoms with Crippen LogP contribution in [-0.4, -0.2) is 29.5 Å². The van der Waals surface area contributed by atoms with Gasteiger partial charge in [0.15, 0.2) is 0 Å². The smallest absolute Gasteiger partial charge is 0.292 e. The Hall–Kier alpha value is -2.15. The van der Waals surface area contributed by atoms with Crippen molar-refractivity contribution in [3.05, 3.63) is 34.4 Å². The first kappa shape index (κ1) is 14.9. The molecule has 1 aromatic rings. The van der Waals surface area contributed by atoms with Crippen LogP contribution < -0.4 is 16.4 Å². The van der Waals surface area contributed by atoms with Gasteiger partial charge in [0.05, 0.1) is 10.5 Å². The lowest BCUT2D eigenvalue weighted by atomic mass is 10.1. The SMILES string of the molecule is CC(C)(N)C(=O)NCCNc1ccccc1[N+](=O)[O-]. The molecule has 0 aromatic heterocycles. The van der Waals surface area contributed by atoms with E-state index in [-0.39, 0.29) is 11.6 Å². The maximum absolute atomic E-state index is 11.5. The normalized spacial score (nSPS) is 10.9. The van der Waals surface area contributed by atoms with Crippen molar-refractivity contribution < 1.29 is 9.72 Å². The highest BCUT2D eigenvalue weighted by molar-refractivity contribution is 5.85. The number of nitro benzene ring substituents is 1. The minimum absolute atomic E-state index is 0.00739. The van der Waals surface area contributed by atoms with Crippen molar-refractivity contribution >= 4 is 17.3 Å². The highest BCUT2D eigenvalue weighted by atomic mass is 16.6. The first-order chi connectivity index (χ1) is 8.82. The summed E-state index contributed by atoms with van der Waals surface area (Å²) in [5.41, 5.74) is 5.11. The fourth-order valence-electron chi connectivity index (χ4n) is 1.38. The molecule has 1 amide bonds. The minimum atomic E-state index is -0.932. The maximum Gasteiger partial charge on any atom is 0.292 e. The molecule has 1 aromatic carbocycles. The van der Waals surface area contributed by atoms with E-state index in [0.717, 1.165) is 0 Å². The van der Waals surface area contributed by atoms with E-state index in [1.165, 1.54) is 6.07 Å². The van der Waals surface area contributed by atoms with Crippen LogP contribution in [0, 0.1) is 10.1 Å². The fourth-order valence-corrected chi connectivity index (χ4v) is 1.38. The number of amides is 1. The molecule has 0 aliphatic carbocycles. The van der Waals surface area contributed by atoms with E-state index >= 15 is 0 Å². The van der Waals surface area contributed by atoms with Crippen LogP contribution in [0.2, 0.25) is 0 Å². The summed E-state index contributed by atoms with van der Waals surface area (Å²) >= 11 is 0. The van der Waals surface area contributed by atoms with Crippen LogP contribution in [0.4, 0.5) is 11.4 Å². The number of anilines is 1. The summed E-state index contributed by atoms with van der Waals surface area (Å²) in [7, 11) is 0. The summed E-state index contributed by atoms with van der Waals surface area (Å²) in [6.45, 7) is 3.94. The van der Waals surface area contributed by atoms with Crippen LogP contribution in [-0.2, 0) is 4.79 Å². The molecule has 7 heteroatoms. The second-order valence-electron chi connectivity index (χ2n) is 4.68. The number of benzene rings is 1. The zero-order chi connectivity index (χ0) is 14.5. The number of rotatable bonds is 6. The van der Waals surface area contributed by atoms with Crippen molar-refractivity contribution in [1.29, 1.82) is 0 Å². The van der Waals surface area contributed by atoms with Gasteiger partial charge in [-0.15, -0.1) is 0 Å². The van der Waals surface area contributed by atoms with Gasteiger partial charge in [0.2, 0.25) is 5.91 Å². The molecule has 0 bridgehead atoms. The van der Waals surface area contributed by atoms with Gasteiger partial charge >= 0.3 is 0 Å². The van der Waals surface area contributed by atoms with Crippen LogP contribution in [0.25, 0.3) is 0 Å². The number of hydrogen-bond donors (Lipinski definition) is 3. The topological polar surface area (TPSA) is 110 Å². The minimum Gasteiger partial charge on any atom is -0.378 e. The largest absolute Gasteiger partial charge is 0.378 e. The predicted molar refractivity (Wildman–Crippen MR) is 72.9 cm³/mol. The highest BCUT2D eigenvalue weighted by Gasteiger charge is 2.20. The van der Waals surface area contributed by atoms with Crippen LogP contribution >= 0.6 is 0 Å². The van der Waals surface area contributed by atoms with Crippen molar-refractivity contribution in [2.24, 2.45) is 5.73 Å². The monoisotopic (exact) mass is 266 g/mol. The summed E-state index contributed by atoms with van der Waals surface area (Å²) in [6.07, 6.45) is 0. The van der Waals surface area contributed by atoms with Crippen LogP contribution in [0.1, 0.15) is 13.8 Å². The number of nitro groups is 1. The summed E-state index contributed by atoms with van der Waals surface area (Å²) in [6, 6.07) is 6.34. The quantitative estimate of drug-likeness (QED) is 0.402. The average molecular weight is 266 g/mol. The number of nitrogens with one attached hydrogen (secondary N) is 2. The van der Waals surface area contributed by atoms with Gasteiger partial charge < -0.3 is 16.4 Å². The lowest BCUT2D eigenvalue weighted by Crippen LogP contribution is -2.50. The molecule has 0 spiro atoms. The lowest BCUT2D eigenvalue weighted by Gasteiger charge is -2.17. The lowest BCUT2D eigenvalue weighted by molar-refractivity contribution is -0.384. The molecule has 0 aliphatic heterocycles. The Kier molecular flexibility index (Phi) is 4.82. The van der Waals surface area contributed by atoms with E-state index in [1.54, 1.807) is 32.0 Å². The van der Waals surface area contributed by atoms with Crippen molar-refractivity contribution in [1.82, 2.24) is 5.32 Å². The molecule has 1 rings (SSSR count). The van der Waals surface area contributed by atoms with Crippen molar-refractivity contribution in [2.75, 3.05) is 18.4 Å². The molecule has 0 radical (unpaired) electrons. The molecular formula is C12H18N4O3. The Morgan fingerprint density at radius 1 is 1.37 bits per heavy atom. The molecule has 0 unspecified atom stereocenters. The molecule has 0 aliphatic rings. The number of carbonyl (C=O) groups is 1. The zero-order valence-electron chi connectivity index (χ0n) is 11.0. The van der Waals surface area contributed by atoms with E-state index in [0.29, 0.717) is 18.8 Å². The number of nitrogens with two attached hydrogens (primary N) is 1. The van der Waals surface area contributed by atoms with Gasteiger partial charge in [-0.3, -0.25) is 14.9 Å². The van der Waals surface area contributed by atoms with E-state index in [2.05, 4.69) is 10.6 Å². The van der Waals surface area contributed by atoms with Gasteiger partial charge in [0.1, 0.15) is 5.69 Å². The standard InChI is InChI=1S/C12H18N4O3/c1-12(2,13)11(17)15-8-7-14-9-5-3-4-6-10(9)16(18)19/h3-6,14H,7-8,13H2,1-2H3,(H,15,17). The average Bonchev–Trinajstić information content (AvgIpc) is 2.33. The van der Waals surface area contributed by atoms with Crippen LogP contribution in [0.5, 0.6) is 0 Å². The van der Waals surface area contributed by atoms with Crippen LogP contribution in [0.3, 0.4) is 0 Å². The molecule has 0 fully saturated rings. The van der Waals surface area contributed by atoms with E-state index in [9.17, 15) is 14.9 Å². The third kappa shape index (κ3) is 4.55.